The largest absolute Gasteiger partial charge is 0.356 e. The Labute approximate surface area is 66.9 Å². The third-order valence-corrected chi connectivity index (χ3v) is 2.39. The van der Waals surface area contributed by atoms with E-state index in [2.05, 4.69) is 36.0 Å². The van der Waals surface area contributed by atoms with E-state index in [1.165, 1.54) is 5.70 Å². The van der Waals surface area contributed by atoms with Crippen LogP contribution in [0.25, 0.3) is 0 Å². The van der Waals surface area contributed by atoms with Gasteiger partial charge in [0.25, 0.3) is 0 Å². The molecule has 0 aliphatic carbocycles. The van der Waals surface area contributed by atoms with Crippen LogP contribution < -0.4 is 0 Å². The van der Waals surface area contributed by atoms with Crippen LogP contribution in [0, 0.1) is 5.92 Å². The number of allylic oxidation sites excluding steroid dienone is 2. The van der Waals surface area contributed by atoms with Gasteiger partial charge in [-0.3, -0.25) is 4.99 Å². The average molecular weight is 148 g/mol. The van der Waals surface area contributed by atoms with Crippen molar-refractivity contribution < 1.29 is 0 Å². The molecule has 0 aromatic carbocycles. The Kier molecular flexibility index (Phi) is 1.34. The smallest absolute Gasteiger partial charge is 0.130 e. The summed E-state index contributed by atoms with van der Waals surface area (Å²) in [5.74, 6) is 0.505. The van der Waals surface area contributed by atoms with Crippen molar-refractivity contribution in [1.82, 2.24) is 4.90 Å². The molecule has 0 saturated heterocycles. The van der Waals surface area contributed by atoms with Crippen LogP contribution in [0.2, 0.25) is 0 Å². The Hall–Kier alpha value is -1.05. The molecule has 2 aliphatic heterocycles. The first kappa shape index (κ1) is 6.65. The normalized spacial score (nSPS) is 34.0. The molecule has 2 heterocycles. The summed E-state index contributed by atoms with van der Waals surface area (Å²) in [6.45, 7) is 2.13. The van der Waals surface area contributed by atoms with Crippen LogP contribution in [0.5, 0.6) is 0 Å². The molecule has 0 aromatic rings. The summed E-state index contributed by atoms with van der Waals surface area (Å²) < 4.78 is 0. The quantitative estimate of drug-likeness (QED) is 0.507. The van der Waals surface area contributed by atoms with Gasteiger partial charge in [0, 0.05) is 24.9 Å². The lowest BCUT2D eigenvalue weighted by molar-refractivity contribution is 0.315. The fourth-order valence-corrected chi connectivity index (χ4v) is 1.62. The molecular weight excluding hydrogens is 136 g/mol. The monoisotopic (exact) mass is 148 g/mol. The van der Waals surface area contributed by atoms with Crippen molar-refractivity contribution in [1.29, 1.82) is 0 Å². The van der Waals surface area contributed by atoms with Crippen molar-refractivity contribution in [2.75, 3.05) is 7.05 Å². The highest BCUT2D eigenvalue weighted by Gasteiger charge is 2.28. The van der Waals surface area contributed by atoms with Crippen molar-refractivity contribution in [3.63, 3.8) is 0 Å². The van der Waals surface area contributed by atoms with E-state index in [4.69, 9.17) is 0 Å². The van der Waals surface area contributed by atoms with Crippen molar-refractivity contribution in [2.24, 2.45) is 10.9 Å². The summed E-state index contributed by atoms with van der Waals surface area (Å²) >= 11 is 0. The number of hydrogen-bond acceptors (Lipinski definition) is 2. The van der Waals surface area contributed by atoms with Crippen LogP contribution in [-0.4, -0.2) is 24.3 Å². The minimum Gasteiger partial charge on any atom is -0.356 e. The van der Waals surface area contributed by atoms with E-state index in [0.717, 1.165) is 0 Å². The zero-order chi connectivity index (χ0) is 7.84. The van der Waals surface area contributed by atoms with Gasteiger partial charge in [-0.15, -0.1) is 0 Å². The Morgan fingerprint density at radius 1 is 1.55 bits per heavy atom. The van der Waals surface area contributed by atoms with E-state index in [9.17, 15) is 0 Å². The van der Waals surface area contributed by atoms with Gasteiger partial charge in [0.1, 0.15) is 6.17 Å². The number of hydrogen-bond donors (Lipinski definition) is 0. The van der Waals surface area contributed by atoms with Gasteiger partial charge in [-0.1, -0.05) is 12.2 Å². The first-order valence-corrected chi connectivity index (χ1v) is 3.90. The molecule has 0 saturated carbocycles. The number of nitrogens with zero attached hydrogens (tertiary/aromatic N) is 2. The first-order chi connectivity index (χ1) is 5.29. The third kappa shape index (κ3) is 0.897. The van der Waals surface area contributed by atoms with E-state index >= 15 is 0 Å². The summed E-state index contributed by atoms with van der Waals surface area (Å²) in [6, 6.07) is 0. The summed E-state index contributed by atoms with van der Waals surface area (Å²) in [5.41, 5.74) is 1.32. The summed E-state index contributed by atoms with van der Waals surface area (Å²) in [4.78, 5) is 6.60. The fourth-order valence-electron chi connectivity index (χ4n) is 1.62. The van der Waals surface area contributed by atoms with E-state index < -0.39 is 0 Å². The molecular formula is C9H12N2. The van der Waals surface area contributed by atoms with Crippen molar-refractivity contribution in [2.45, 2.75) is 13.1 Å². The average Bonchev–Trinajstić information content (AvgIpc) is 2.30. The minimum absolute atomic E-state index is 0.333. The van der Waals surface area contributed by atoms with E-state index in [1.54, 1.807) is 0 Å². The maximum absolute atomic E-state index is 4.38. The highest BCUT2D eigenvalue weighted by molar-refractivity contribution is 5.72. The zero-order valence-electron chi connectivity index (χ0n) is 6.86. The van der Waals surface area contributed by atoms with Crippen LogP contribution in [0.4, 0.5) is 0 Å². The number of aliphatic imine (C=N–C) groups is 1. The molecule has 0 amide bonds. The molecule has 2 rings (SSSR count). The first-order valence-electron chi connectivity index (χ1n) is 3.90. The molecule has 0 bridgehead atoms. The van der Waals surface area contributed by atoms with E-state index in [0.29, 0.717) is 12.1 Å². The fraction of sp³-hybridized carbons (Fsp3) is 0.444. The third-order valence-electron chi connectivity index (χ3n) is 2.39. The van der Waals surface area contributed by atoms with Gasteiger partial charge < -0.3 is 4.90 Å². The lowest BCUT2D eigenvalue weighted by atomic mass is 10.1. The lowest BCUT2D eigenvalue weighted by Crippen LogP contribution is -2.28. The van der Waals surface area contributed by atoms with Gasteiger partial charge in [-0.25, -0.2) is 0 Å². The van der Waals surface area contributed by atoms with E-state index in [1.807, 2.05) is 12.3 Å². The lowest BCUT2D eigenvalue weighted by Gasteiger charge is -2.24. The van der Waals surface area contributed by atoms with Gasteiger partial charge in [-0.05, 0) is 13.0 Å². The molecule has 2 unspecified atom stereocenters. The maximum Gasteiger partial charge on any atom is 0.130 e. The van der Waals surface area contributed by atoms with Gasteiger partial charge in [0.15, 0.2) is 0 Å². The topological polar surface area (TPSA) is 15.6 Å². The van der Waals surface area contributed by atoms with Crippen LogP contribution in [0.15, 0.2) is 28.9 Å². The predicted molar refractivity (Wildman–Crippen MR) is 46.4 cm³/mol. The van der Waals surface area contributed by atoms with Crippen LogP contribution in [0.3, 0.4) is 0 Å². The SMILES string of the molecule is CC1=CC2C=CC=NC2N1C. The van der Waals surface area contributed by atoms with Gasteiger partial charge in [0.05, 0.1) is 0 Å². The highest BCUT2D eigenvalue weighted by Crippen LogP contribution is 2.28. The molecule has 2 atom stereocenters. The Bertz CT molecular complexity index is 250. The van der Waals surface area contributed by atoms with Gasteiger partial charge in [0.2, 0.25) is 0 Å². The molecule has 2 aliphatic rings. The van der Waals surface area contributed by atoms with Crippen LogP contribution in [-0.2, 0) is 0 Å². The Morgan fingerprint density at radius 2 is 2.36 bits per heavy atom. The van der Waals surface area contributed by atoms with Crippen LogP contribution in [0.1, 0.15) is 6.92 Å². The van der Waals surface area contributed by atoms with Crippen molar-refractivity contribution >= 4 is 6.21 Å². The molecule has 58 valence electrons. The number of rotatable bonds is 0. The molecule has 2 nitrogen and oxygen atoms in total. The molecule has 0 radical (unpaired) electrons. The van der Waals surface area contributed by atoms with E-state index in [-0.39, 0.29) is 0 Å². The summed E-state index contributed by atoms with van der Waals surface area (Å²) in [6.07, 6.45) is 8.69. The number of fused-ring (bicyclic) bond motifs is 1. The molecule has 0 spiro atoms. The van der Waals surface area contributed by atoms with Crippen molar-refractivity contribution in [3.05, 3.63) is 23.9 Å². The summed E-state index contributed by atoms with van der Waals surface area (Å²) in [5, 5.41) is 0. The summed E-state index contributed by atoms with van der Waals surface area (Å²) in [7, 11) is 2.09. The van der Waals surface area contributed by atoms with Gasteiger partial charge in [-0.2, -0.15) is 0 Å². The standard InChI is InChI=1S/C9H12N2/c1-7-6-8-4-3-5-10-9(8)11(7)2/h3-6,8-9H,1-2H3. The molecule has 2 heteroatoms. The Morgan fingerprint density at radius 3 is 3.09 bits per heavy atom. The second kappa shape index (κ2) is 2.22. The second-order valence-electron chi connectivity index (χ2n) is 3.09. The number of dihydropyridines is 1. The Balaban J connectivity index is 2.29. The van der Waals surface area contributed by atoms with Crippen LogP contribution >= 0.6 is 0 Å². The highest BCUT2D eigenvalue weighted by atomic mass is 15.2. The molecule has 0 fully saturated rings. The molecule has 0 aromatic heterocycles. The minimum atomic E-state index is 0.333. The molecule has 11 heavy (non-hydrogen) atoms. The molecule has 0 N–H and O–H groups in total. The maximum atomic E-state index is 4.38. The van der Waals surface area contributed by atoms with Crippen molar-refractivity contribution in [3.8, 4) is 0 Å². The zero-order valence-corrected chi connectivity index (χ0v) is 6.86. The van der Waals surface area contributed by atoms with Gasteiger partial charge >= 0.3 is 0 Å². The second-order valence-corrected chi connectivity index (χ2v) is 3.09. The predicted octanol–water partition coefficient (Wildman–Crippen LogP) is 1.42.